The monoisotopic (exact) mass is 482 g/mol. The van der Waals surface area contributed by atoms with Gasteiger partial charge in [0.25, 0.3) is 0 Å². The van der Waals surface area contributed by atoms with E-state index in [1.807, 2.05) is 0 Å². The Morgan fingerprint density at radius 1 is 0.933 bits per heavy atom. The second-order valence-electron chi connectivity index (χ2n) is 6.31. The van der Waals surface area contributed by atoms with Gasteiger partial charge in [0.05, 0.1) is 32.8 Å². The van der Waals surface area contributed by atoms with Gasteiger partial charge in [-0.3, -0.25) is 4.79 Å². The van der Waals surface area contributed by atoms with Crippen molar-refractivity contribution in [3.05, 3.63) is 72.3 Å². The summed E-state index contributed by atoms with van der Waals surface area (Å²) < 4.78 is 10.7. The van der Waals surface area contributed by atoms with E-state index in [0.29, 0.717) is 16.5 Å². The van der Waals surface area contributed by atoms with Gasteiger partial charge in [-0.05, 0) is 24.3 Å². The van der Waals surface area contributed by atoms with Gasteiger partial charge in [-0.15, -0.1) is 0 Å². The highest BCUT2D eigenvalue weighted by Gasteiger charge is 2.30. The van der Waals surface area contributed by atoms with Crippen LogP contribution in [0.15, 0.2) is 45.6 Å². The van der Waals surface area contributed by atoms with E-state index in [4.69, 9.17) is 55.6 Å². The summed E-state index contributed by atoms with van der Waals surface area (Å²) in [6.07, 6.45) is 0. The van der Waals surface area contributed by atoms with Crippen molar-refractivity contribution in [2.45, 2.75) is 0 Å². The SMILES string of the molecule is COC(=O)c1c(Cl)c(Cl)c(Cl)c(Cl)c1-c1c2ccc(=O)cc-2oc2cc(O)ccc12. The van der Waals surface area contributed by atoms with Crippen LogP contribution in [0.5, 0.6) is 5.75 Å². The average molecular weight is 484 g/mol. The molecule has 0 saturated heterocycles. The molecule has 0 saturated carbocycles. The Morgan fingerprint density at radius 3 is 2.33 bits per heavy atom. The number of rotatable bonds is 2. The molecule has 9 heteroatoms. The van der Waals surface area contributed by atoms with Gasteiger partial charge in [0, 0.05) is 34.2 Å². The van der Waals surface area contributed by atoms with E-state index in [1.54, 1.807) is 6.07 Å². The molecule has 0 aromatic heterocycles. The van der Waals surface area contributed by atoms with Crippen molar-refractivity contribution < 1.29 is 19.1 Å². The first-order valence-electron chi connectivity index (χ1n) is 8.38. The average Bonchev–Trinajstić information content (AvgIpc) is 2.72. The number of hydrogen-bond acceptors (Lipinski definition) is 5. The van der Waals surface area contributed by atoms with Crippen LogP contribution in [0.4, 0.5) is 0 Å². The molecular formula is C21H10Cl4O5. The summed E-state index contributed by atoms with van der Waals surface area (Å²) in [4.78, 5) is 24.6. The molecule has 2 aromatic carbocycles. The number of phenolic OH excluding ortho intramolecular Hbond substituents is 1. The molecule has 1 heterocycles. The molecule has 0 spiro atoms. The molecule has 0 amide bonds. The fourth-order valence-electron chi connectivity index (χ4n) is 3.29. The van der Waals surface area contributed by atoms with Gasteiger partial charge in [0.2, 0.25) is 0 Å². The zero-order valence-corrected chi connectivity index (χ0v) is 18.1. The third-order valence-corrected chi connectivity index (χ3v) is 6.39. The first-order valence-corrected chi connectivity index (χ1v) is 9.90. The minimum Gasteiger partial charge on any atom is -0.508 e. The van der Waals surface area contributed by atoms with E-state index in [1.165, 1.54) is 37.4 Å². The number of carbonyl (C=O) groups is 1. The van der Waals surface area contributed by atoms with Crippen molar-refractivity contribution in [3.63, 3.8) is 0 Å². The summed E-state index contributed by atoms with van der Waals surface area (Å²) in [5.74, 6) is -0.622. The molecule has 30 heavy (non-hydrogen) atoms. The summed E-state index contributed by atoms with van der Waals surface area (Å²) in [5, 5.41) is 10.1. The molecule has 0 atom stereocenters. The molecule has 0 fully saturated rings. The Kier molecular flexibility index (Phi) is 5.32. The lowest BCUT2D eigenvalue weighted by Crippen LogP contribution is -2.08. The number of benzene rings is 3. The van der Waals surface area contributed by atoms with Crippen molar-refractivity contribution in [2.75, 3.05) is 7.11 Å². The van der Waals surface area contributed by atoms with Crippen LogP contribution in [-0.4, -0.2) is 18.2 Å². The molecule has 2 aromatic rings. The molecule has 1 N–H and O–H groups in total. The van der Waals surface area contributed by atoms with Gasteiger partial charge in [-0.1, -0.05) is 46.4 Å². The normalized spacial score (nSPS) is 11.2. The molecule has 5 nitrogen and oxygen atoms in total. The quantitative estimate of drug-likeness (QED) is 0.149. The minimum atomic E-state index is -0.781. The Morgan fingerprint density at radius 2 is 1.63 bits per heavy atom. The van der Waals surface area contributed by atoms with Gasteiger partial charge in [0.15, 0.2) is 5.43 Å². The second-order valence-corrected chi connectivity index (χ2v) is 7.82. The van der Waals surface area contributed by atoms with E-state index in [2.05, 4.69) is 0 Å². The summed E-state index contributed by atoms with van der Waals surface area (Å²) in [6, 6.07) is 8.57. The maximum absolute atomic E-state index is 12.6. The van der Waals surface area contributed by atoms with E-state index in [-0.39, 0.29) is 53.7 Å². The van der Waals surface area contributed by atoms with E-state index in [9.17, 15) is 14.7 Å². The van der Waals surface area contributed by atoms with Crippen molar-refractivity contribution in [1.29, 1.82) is 0 Å². The summed E-state index contributed by atoms with van der Waals surface area (Å²) in [6.45, 7) is 0. The Hall–Kier alpha value is -2.44. The number of carbonyl (C=O) groups excluding carboxylic acids is 1. The lowest BCUT2D eigenvalue weighted by atomic mass is 9.90. The predicted octanol–water partition coefficient (Wildman–Crippen LogP) is 6.67. The molecule has 1 aliphatic carbocycles. The van der Waals surface area contributed by atoms with Gasteiger partial charge < -0.3 is 14.3 Å². The highest BCUT2D eigenvalue weighted by Crippen LogP contribution is 2.50. The minimum absolute atomic E-state index is 0.0282. The summed E-state index contributed by atoms with van der Waals surface area (Å²) in [7, 11) is 1.19. The fourth-order valence-corrected chi connectivity index (χ4v) is 4.31. The van der Waals surface area contributed by atoms with Crippen LogP contribution in [-0.2, 0) is 4.74 Å². The van der Waals surface area contributed by atoms with Gasteiger partial charge in [-0.25, -0.2) is 4.79 Å². The largest absolute Gasteiger partial charge is 0.508 e. The number of aromatic hydroxyl groups is 1. The van der Waals surface area contributed by atoms with Crippen LogP contribution >= 0.6 is 46.4 Å². The van der Waals surface area contributed by atoms with Crippen molar-refractivity contribution in [3.8, 4) is 28.2 Å². The third kappa shape index (κ3) is 3.19. The maximum Gasteiger partial charge on any atom is 0.340 e. The Balaban J connectivity index is 2.30. The van der Waals surface area contributed by atoms with Crippen LogP contribution in [0.3, 0.4) is 0 Å². The van der Waals surface area contributed by atoms with Crippen molar-refractivity contribution >= 4 is 63.3 Å². The molecule has 0 bridgehead atoms. The van der Waals surface area contributed by atoms with Gasteiger partial charge >= 0.3 is 5.97 Å². The second kappa shape index (κ2) is 7.67. The molecule has 152 valence electrons. The number of halogens is 4. The molecule has 1 aliphatic heterocycles. The summed E-state index contributed by atoms with van der Waals surface area (Å²) >= 11 is 25.4. The first-order chi connectivity index (χ1) is 14.2. The zero-order chi connectivity index (χ0) is 21.7. The number of ether oxygens (including phenoxy) is 1. The van der Waals surface area contributed by atoms with Gasteiger partial charge in [0.1, 0.15) is 17.1 Å². The van der Waals surface area contributed by atoms with Crippen LogP contribution in [0.1, 0.15) is 10.4 Å². The maximum atomic E-state index is 12.6. The lowest BCUT2D eigenvalue weighted by molar-refractivity contribution is 0.0602. The van der Waals surface area contributed by atoms with Crippen molar-refractivity contribution in [1.82, 2.24) is 0 Å². The smallest absolute Gasteiger partial charge is 0.340 e. The van der Waals surface area contributed by atoms with Crippen LogP contribution in [0.25, 0.3) is 33.4 Å². The molecular weight excluding hydrogens is 474 g/mol. The highest BCUT2D eigenvalue weighted by atomic mass is 35.5. The van der Waals surface area contributed by atoms with E-state index in [0.717, 1.165) is 0 Å². The highest BCUT2D eigenvalue weighted by molar-refractivity contribution is 6.54. The number of methoxy groups -OCH3 is 1. The predicted molar refractivity (Wildman–Crippen MR) is 118 cm³/mol. The number of hydrogen-bond donors (Lipinski definition) is 1. The van der Waals surface area contributed by atoms with Crippen LogP contribution < -0.4 is 5.43 Å². The first kappa shape index (κ1) is 20.8. The standard InChI is InChI=1S/C21H10Cl4O5/c1-29-21(28)16-15(17(22)19(24)20(25)18(16)23)14-10-4-2-8(26)6-12(10)30-13-7-9(27)3-5-11(13)14/h2-7,26H,1H3. The molecule has 2 aliphatic rings. The molecule has 0 radical (unpaired) electrons. The van der Waals surface area contributed by atoms with E-state index < -0.39 is 5.97 Å². The topological polar surface area (TPSA) is 76.7 Å². The van der Waals surface area contributed by atoms with Crippen LogP contribution in [0, 0.1) is 0 Å². The van der Waals surface area contributed by atoms with Crippen molar-refractivity contribution in [2.24, 2.45) is 0 Å². The van der Waals surface area contributed by atoms with Crippen LogP contribution in [0.2, 0.25) is 20.1 Å². The number of phenols is 1. The van der Waals surface area contributed by atoms with Gasteiger partial charge in [-0.2, -0.15) is 0 Å². The Labute approximate surface area is 189 Å². The molecule has 4 rings (SSSR count). The summed E-state index contributed by atoms with van der Waals surface area (Å²) in [5.41, 5.74) is 0.913. The fraction of sp³-hybridized carbons (Fsp3) is 0.0476. The van der Waals surface area contributed by atoms with E-state index >= 15 is 0 Å². The molecule has 0 unspecified atom stereocenters. The number of fused-ring (bicyclic) bond motifs is 2. The zero-order valence-electron chi connectivity index (χ0n) is 15.1. The number of esters is 1. The lowest BCUT2D eigenvalue weighted by Gasteiger charge is -2.20. The third-order valence-electron chi connectivity index (χ3n) is 4.58. The Bertz CT molecular complexity index is 1380.